The highest BCUT2D eigenvalue weighted by Crippen LogP contribution is 2.42. The maximum absolute atomic E-state index is 13.0. The summed E-state index contributed by atoms with van der Waals surface area (Å²) >= 11 is 0. The van der Waals surface area contributed by atoms with Crippen LogP contribution in [-0.2, 0) is 6.18 Å². The summed E-state index contributed by atoms with van der Waals surface area (Å²) in [4.78, 5) is 12.8. The lowest BCUT2D eigenvalue weighted by Gasteiger charge is -2.35. The molecule has 0 aliphatic heterocycles. The number of halogens is 3. The van der Waals surface area contributed by atoms with Crippen molar-refractivity contribution in [2.24, 2.45) is 0 Å². The molecule has 31 heavy (non-hydrogen) atoms. The first-order chi connectivity index (χ1) is 14.9. The zero-order chi connectivity index (χ0) is 21.6. The third-order valence-corrected chi connectivity index (χ3v) is 5.95. The number of rotatable bonds is 3. The number of nitrogens with one attached hydrogen (secondary N) is 1. The molecule has 0 saturated heterocycles. The van der Waals surface area contributed by atoms with E-state index in [-0.39, 0.29) is 24.2 Å². The number of para-hydroxylation sites is 1. The summed E-state index contributed by atoms with van der Waals surface area (Å²) in [5.74, 6) is -0.304. The van der Waals surface area contributed by atoms with Gasteiger partial charge in [-0.2, -0.15) is 13.2 Å². The minimum Gasteiger partial charge on any atom is -0.318 e. The first kappa shape index (κ1) is 19.4. The summed E-state index contributed by atoms with van der Waals surface area (Å²) in [6.45, 7) is 0. The molecule has 1 aliphatic carbocycles. The molecule has 0 radical (unpaired) electrons. The van der Waals surface area contributed by atoms with Crippen LogP contribution in [0.25, 0.3) is 10.9 Å². The number of ketones is 1. The number of Topliss-reactive ketones (excluding diaryl/α,β-unsaturated/α-hetero) is 1. The highest BCUT2D eigenvalue weighted by molar-refractivity contribution is 5.99. The Balaban J connectivity index is 1.58. The molecule has 3 nitrogen and oxygen atoms in total. The summed E-state index contributed by atoms with van der Waals surface area (Å²) in [5.41, 5.74) is 6.01. The molecule has 1 aromatic heterocycles. The number of carbonyl (C=O) groups is 1. The van der Waals surface area contributed by atoms with Crippen LogP contribution in [0.5, 0.6) is 0 Å². The Bertz CT molecular complexity index is 1260. The molecule has 1 heterocycles. The van der Waals surface area contributed by atoms with Crippen LogP contribution in [0.1, 0.15) is 45.4 Å². The number of hydrogen-bond donors (Lipinski definition) is 1. The molecule has 0 fully saturated rings. The number of alkyl halides is 3. The number of fused-ring (bicyclic) bond motifs is 2. The first-order valence-electron chi connectivity index (χ1n) is 10.0. The molecule has 4 aromatic rings. The van der Waals surface area contributed by atoms with Crippen LogP contribution in [0.2, 0.25) is 0 Å². The Kier molecular flexibility index (Phi) is 4.58. The van der Waals surface area contributed by atoms with Gasteiger partial charge in [-0.3, -0.25) is 9.47 Å². The fourth-order valence-corrected chi connectivity index (χ4v) is 4.40. The number of carbonyl (C=O) groups excluding carboxylic acids is 1. The fourth-order valence-electron chi connectivity index (χ4n) is 4.40. The smallest absolute Gasteiger partial charge is 0.318 e. The Morgan fingerprint density at radius 1 is 0.871 bits per heavy atom. The SMILES string of the molecule is O=C1C[C@@H](c2ccc(C(F)(F)F)cc2)[C@H](Nn2ccc3ccccc32)c2ccccc21. The third-order valence-electron chi connectivity index (χ3n) is 5.95. The molecular formula is C25H19F3N2O. The monoisotopic (exact) mass is 420 g/mol. The minimum absolute atomic E-state index is 0.00379. The van der Waals surface area contributed by atoms with E-state index in [4.69, 9.17) is 0 Å². The summed E-state index contributed by atoms with van der Waals surface area (Å²) < 4.78 is 41.0. The van der Waals surface area contributed by atoms with E-state index in [0.29, 0.717) is 11.1 Å². The van der Waals surface area contributed by atoms with Gasteiger partial charge < -0.3 is 5.43 Å². The maximum atomic E-state index is 13.0. The molecule has 156 valence electrons. The predicted molar refractivity (Wildman–Crippen MR) is 114 cm³/mol. The van der Waals surface area contributed by atoms with Crippen LogP contribution in [-0.4, -0.2) is 10.5 Å². The Labute approximate surface area is 177 Å². The van der Waals surface area contributed by atoms with Gasteiger partial charge in [-0.15, -0.1) is 0 Å². The van der Waals surface area contributed by atoms with Gasteiger partial charge in [0.15, 0.2) is 5.78 Å². The van der Waals surface area contributed by atoms with Crippen molar-refractivity contribution in [3.8, 4) is 0 Å². The van der Waals surface area contributed by atoms with Gasteiger partial charge in [0.2, 0.25) is 0 Å². The molecule has 0 bridgehead atoms. The van der Waals surface area contributed by atoms with Crippen molar-refractivity contribution in [1.29, 1.82) is 0 Å². The van der Waals surface area contributed by atoms with Crippen LogP contribution in [0.4, 0.5) is 13.2 Å². The molecule has 1 N–H and O–H groups in total. The van der Waals surface area contributed by atoms with E-state index >= 15 is 0 Å². The lowest BCUT2D eigenvalue weighted by Crippen LogP contribution is -2.32. The number of benzene rings is 3. The average Bonchev–Trinajstić information content (AvgIpc) is 3.18. The van der Waals surface area contributed by atoms with Crippen molar-refractivity contribution >= 4 is 16.7 Å². The van der Waals surface area contributed by atoms with Crippen LogP contribution in [0.3, 0.4) is 0 Å². The topological polar surface area (TPSA) is 34.0 Å². The van der Waals surface area contributed by atoms with E-state index < -0.39 is 11.7 Å². The zero-order valence-electron chi connectivity index (χ0n) is 16.4. The van der Waals surface area contributed by atoms with Crippen molar-refractivity contribution in [2.45, 2.75) is 24.6 Å². The maximum Gasteiger partial charge on any atom is 0.416 e. The van der Waals surface area contributed by atoms with Gasteiger partial charge in [0.05, 0.1) is 17.1 Å². The molecule has 6 heteroatoms. The normalized spacial score (nSPS) is 18.7. The van der Waals surface area contributed by atoms with Gasteiger partial charge in [-0.25, -0.2) is 0 Å². The van der Waals surface area contributed by atoms with E-state index in [1.54, 1.807) is 0 Å². The van der Waals surface area contributed by atoms with Crippen LogP contribution < -0.4 is 5.43 Å². The Morgan fingerprint density at radius 3 is 2.35 bits per heavy atom. The molecule has 3 aromatic carbocycles. The van der Waals surface area contributed by atoms with Crippen LogP contribution in [0, 0.1) is 0 Å². The van der Waals surface area contributed by atoms with E-state index in [0.717, 1.165) is 28.6 Å². The van der Waals surface area contributed by atoms with Crippen molar-refractivity contribution in [3.63, 3.8) is 0 Å². The molecule has 1 aliphatic rings. The van der Waals surface area contributed by atoms with Crippen LogP contribution >= 0.6 is 0 Å². The van der Waals surface area contributed by atoms with Gasteiger partial charge in [0.1, 0.15) is 0 Å². The van der Waals surface area contributed by atoms with Gasteiger partial charge in [-0.05, 0) is 35.4 Å². The van der Waals surface area contributed by atoms with Crippen LogP contribution in [0.15, 0.2) is 85.1 Å². The Morgan fingerprint density at radius 2 is 1.58 bits per heavy atom. The van der Waals surface area contributed by atoms with Crippen molar-refractivity contribution in [2.75, 3.05) is 5.43 Å². The summed E-state index contributed by atoms with van der Waals surface area (Å²) in [6.07, 6.45) is -2.25. The second-order valence-corrected chi connectivity index (χ2v) is 7.79. The van der Waals surface area contributed by atoms with Crippen molar-refractivity contribution < 1.29 is 18.0 Å². The molecule has 0 saturated carbocycles. The molecule has 0 unspecified atom stereocenters. The number of hydrogen-bond acceptors (Lipinski definition) is 2. The average molecular weight is 420 g/mol. The van der Waals surface area contributed by atoms with E-state index in [9.17, 15) is 18.0 Å². The quantitative estimate of drug-likeness (QED) is 0.421. The predicted octanol–water partition coefficient (Wildman–Crippen LogP) is 6.32. The van der Waals surface area contributed by atoms with Gasteiger partial charge in [0.25, 0.3) is 0 Å². The zero-order valence-corrected chi connectivity index (χ0v) is 16.4. The number of aromatic nitrogens is 1. The van der Waals surface area contributed by atoms with Crippen molar-refractivity contribution in [3.05, 3.63) is 107 Å². The molecule has 0 spiro atoms. The highest BCUT2D eigenvalue weighted by Gasteiger charge is 2.36. The fraction of sp³-hybridized carbons (Fsp3) is 0.160. The third kappa shape index (κ3) is 3.48. The number of nitrogens with zero attached hydrogens (tertiary/aromatic N) is 1. The lowest BCUT2D eigenvalue weighted by atomic mass is 9.76. The summed E-state index contributed by atoms with van der Waals surface area (Å²) in [7, 11) is 0. The molecular weight excluding hydrogens is 401 g/mol. The highest BCUT2D eigenvalue weighted by atomic mass is 19.4. The second kappa shape index (κ2) is 7.30. The standard InChI is InChI=1S/C25H19F3N2O/c26-25(27,28)18-11-9-16(10-12-18)21-15-23(31)19-6-2-3-7-20(19)24(21)29-30-14-13-17-5-1-4-8-22(17)30/h1-14,21,24,29H,15H2/t21-,24+/m0/s1. The van der Waals surface area contributed by atoms with Gasteiger partial charge in [0, 0.05) is 29.5 Å². The lowest BCUT2D eigenvalue weighted by molar-refractivity contribution is -0.137. The second-order valence-electron chi connectivity index (χ2n) is 7.79. The Hall–Kier alpha value is -3.54. The van der Waals surface area contributed by atoms with Crippen molar-refractivity contribution in [1.82, 2.24) is 4.68 Å². The minimum atomic E-state index is -4.39. The molecule has 0 amide bonds. The first-order valence-corrected chi connectivity index (χ1v) is 10.0. The summed E-state index contributed by atoms with van der Waals surface area (Å²) in [6, 6.07) is 22.2. The van der Waals surface area contributed by atoms with E-state index in [1.165, 1.54) is 12.1 Å². The van der Waals surface area contributed by atoms with E-state index in [2.05, 4.69) is 5.43 Å². The molecule has 5 rings (SSSR count). The summed E-state index contributed by atoms with van der Waals surface area (Å²) in [5, 5.41) is 1.07. The van der Waals surface area contributed by atoms with E-state index in [1.807, 2.05) is 65.5 Å². The molecule has 2 atom stereocenters. The van der Waals surface area contributed by atoms with Gasteiger partial charge >= 0.3 is 6.18 Å². The largest absolute Gasteiger partial charge is 0.416 e. The van der Waals surface area contributed by atoms with Gasteiger partial charge in [-0.1, -0.05) is 54.6 Å².